The molecular formula is C87H79F3N9O8S-3. The minimum atomic E-state index is -4.38. The molecule has 5 heterocycles. The fourth-order valence-corrected chi connectivity index (χ4v) is 11.0. The molecule has 0 atom stereocenters. The number of aromatic nitrogens is 7. The molecule has 0 unspecified atom stereocenters. The van der Waals surface area contributed by atoms with Crippen molar-refractivity contribution in [2.75, 3.05) is 7.05 Å². The smallest absolute Gasteiger partial charge is 0.415 e. The number of aryl methyl sites for hydroxylation is 4. The Bertz CT molecular complexity index is 5150. The summed E-state index contributed by atoms with van der Waals surface area (Å²) >= 11 is 1.75. The van der Waals surface area contributed by atoms with Crippen LogP contribution in [0.5, 0.6) is 0 Å². The van der Waals surface area contributed by atoms with Crippen LogP contribution in [0.25, 0.3) is 76.7 Å². The molecule has 21 heteroatoms. The lowest BCUT2D eigenvalue weighted by Gasteiger charge is -2.22. The zero-order valence-electron chi connectivity index (χ0n) is 61.2. The van der Waals surface area contributed by atoms with Crippen molar-refractivity contribution in [1.82, 2.24) is 34.7 Å². The number of thiazole rings is 1. The summed E-state index contributed by atoms with van der Waals surface area (Å²) in [6.45, 7) is 16.2. The lowest BCUT2D eigenvalue weighted by molar-refractivity contribution is -0.725. The lowest BCUT2D eigenvalue weighted by atomic mass is 10.0. The van der Waals surface area contributed by atoms with E-state index >= 15 is 0 Å². The van der Waals surface area contributed by atoms with Gasteiger partial charge in [0.1, 0.15) is 29.0 Å². The van der Waals surface area contributed by atoms with Crippen molar-refractivity contribution in [2.24, 2.45) is 7.05 Å². The van der Waals surface area contributed by atoms with E-state index in [1.54, 1.807) is 97.4 Å². The average molecular weight is 1470 g/mol. The third kappa shape index (κ3) is 25.0. The van der Waals surface area contributed by atoms with E-state index in [4.69, 9.17) is 4.42 Å². The number of carbonyl (C=O) groups excluding carboxylic acids is 4. The first-order valence-electron chi connectivity index (χ1n) is 33.6. The molecule has 0 saturated heterocycles. The van der Waals surface area contributed by atoms with Crippen molar-refractivity contribution in [3.05, 3.63) is 360 Å². The standard InChI is InChI=1S/C15H12O2.C14H14N3.C14H11NO.C14H11NS.C11H12O2.C8H8F3N2.C6H6N2O.C5H8O2/c16-14(12-7-3-1-4-8-12)11-15(17)13-9-5-2-6-10-13;1-11-7-3-5-9-13(11)17-15-12-8-4-6-10-14(12)16(17)2;2*1-10-6-2-3-7-11(10)14-15-12-8-4-5-9-13(12)16-14;1-8(12)11(9(2)13)10-6-4-3-5-7-10;1-6(8(9,10)11)5-7-12-3-4-13(7)2;1-5(9)6-4-7-2-3-8-6;1-4(6)3-5(2)7/h1-11,16H;3-10H,1-2H3;2*2-9H,1H3;3-7,12H,1-2H3;3-5H,1H2,2H3;2-4H,1H3;3,6H,1-2H3/q;+1;;;;-1;;/p-3/b14-11-;;;;11-8+;7-5+;;4-3-. The molecule has 0 amide bonds. The van der Waals surface area contributed by atoms with E-state index in [1.807, 2.05) is 109 Å². The van der Waals surface area contributed by atoms with Crippen LogP contribution in [0.1, 0.15) is 83.3 Å². The first-order chi connectivity index (χ1) is 51.7. The van der Waals surface area contributed by atoms with Crippen LogP contribution in [0, 0.1) is 20.8 Å². The molecule has 0 saturated carbocycles. The van der Waals surface area contributed by atoms with Gasteiger partial charge < -0.3 is 30.0 Å². The number of hydrogen-bond acceptors (Lipinski definition) is 15. The summed E-state index contributed by atoms with van der Waals surface area (Å²) in [5.41, 5.74) is 13.6. The second kappa shape index (κ2) is 40.7. The molecule has 550 valence electrons. The first kappa shape index (κ1) is 82.0. The van der Waals surface area contributed by atoms with Crippen LogP contribution in [-0.4, -0.2) is 71.1 Å². The highest BCUT2D eigenvalue weighted by molar-refractivity contribution is 7.21. The normalized spacial score (nSPS) is 12.0. The lowest BCUT2D eigenvalue weighted by Crippen LogP contribution is -2.39. The van der Waals surface area contributed by atoms with Gasteiger partial charge in [-0.05, 0) is 128 Å². The van der Waals surface area contributed by atoms with Gasteiger partial charge in [-0.25, -0.2) is 15.0 Å². The molecule has 0 N–H and O–H groups in total. The number of ketones is 4. The van der Waals surface area contributed by atoms with Gasteiger partial charge in [0.15, 0.2) is 28.7 Å². The third-order valence-corrected chi connectivity index (χ3v) is 16.5. The van der Waals surface area contributed by atoms with Gasteiger partial charge in [-0.15, -0.1) is 22.9 Å². The largest absolute Gasteiger partial charge is 0.876 e. The van der Waals surface area contributed by atoms with Crippen LogP contribution in [0.15, 0.2) is 320 Å². The van der Waals surface area contributed by atoms with Gasteiger partial charge in [0.05, 0.1) is 21.5 Å². The van der Waals surface area contributed by atoms with Gasteiger partial charge in [-0.3, -0.25) is 24.2 Å². The number of nitrogens with zero attached hydrogens (tertiary/aromatic N) is 9. The first-order valence-corrected chi connectivity index (χ1v) is 34.4. The number of oxazole rings is 1. The van der Waals surface area contributed by atoms with E-state index in [-0.39, 0.29) is 51.8 Å². The van der Waals surface area contributed by atoms with Crippen LogP contribution in [0.4, 0.5) is 13.2 Å². The number of halogens is 3. The van der Waals surface area contributed by atoms with E-state index in [0.717, 1.165) is 62.1 Å². The number of benzene rings is 9. The minimum Gasteiger partial charge on any atom is -0.876 e. The predicted molar refractivity (Wildman–Crippen MR) is 416 cm³/mol. The number of fused-ring (bicyclic) bond motifs is 3. The van der Waals surface area contributed by atoms with E-state index in [1.165, 1.54) is 91.3 Å². The molecule has 0 aliphatic carbocycles. The van der Waals surface area contributed by atoms with E-state index < -0.39 is 11.7 Å². The minimum absolute atomic E-state index is 0.0527. The number of rotatable bonds is 11. The average Bonchev–Trinajstić information content (AvgIpc) is 1.66. The molecule has 17 nitrogen and oxygen atoms in total. The zero-order valence-corrected chi connectivity index (χ0v) is 62.0. The highest BCUT2D eigenvalue weighted by atomic mass is 32.1. The van der Waals surface area contributed by atoms with Crippen LogP contribution in [-0.2, 0) is 16.6 Å². The maximum Gasteiger partial charge on any atom is 0.415 e. The fraction of sp³-hybridized carbons (Fsp3) is 0.126. The summed E-state index contributed by atoms with van der Waals surface area (Å²) in [5.74, 6) is -0.388. The molecule has 0 radical (unpaired) electrons. The van der Waals surface area contributed by atoms with Gasteiger partial charge in [0.25, 0.3) is 0 Å². The summed E-state index contributed by atoms with van der Waals surface area (Å²) in [7, 11) is 3.64. The molecule has 1 aliphatic rings. The number of hydrogen-bond donors (Lipinski definition) is 0. The van der Waals surface area contributed by atoms with Crippen molar-refractivity contribution in [3.63, 3.8) is 0 Å². The third-order valence-electron chi connectivity index (χ3n) is 15.4. The molecule has 0 fully saturated rings. The van der Waals surface area contributed by atoms with Gasteiger partial charge in [0, 0.05) is 47.2 Å². The Morgan fingerprint density at radius 2 is 1.12 bits per heavy atom. The quantitative estimate of drug-likeness (QED) is 0.0506. The van der Waals surface area contributed by atoms with Gasteiger partial charge in [-0.2, -0.15) is 17.9 Å². The van der Waals surface area contributed by atoms with Gasteiger partial charge in [-0.1, -0.05) is 246 Å². The number of Topliss-reactive ketones (excluding diaryl/α,β-unsaturated/α-hetero) is 2. The van der Waals surface area contributed by atoms with Crippen LogP contribution >= 0.6 is 11.3 Å². The van der Waals surface area contributed by atoms with Crippen molar-refractivity contribution in [1.29, 1.82) is 0 Å². The molecular weight excluding hydrogens is 1390 g/mol. The van der Waals surface area contributed by atoms with Crippen LogP contribution in [0.3, 0.4) is 0 Å². The van der Waals surface area contributed by atoms with Crippen LogP contribution in [0.2, 0.25) is 0 Å². The zero-order chi connectivity index (χ0) is 78.3. The van der Waals surface area contributed by atoms with Crippen molar-refractivity contribution >= 4 is 78.2 Å². The summed E-state index contributed by atoms with van der Waals surface area (Å²) in [6.07, 6.45) is 6.17. The van der Waals surface area contributed by atoms with E-state index in [2.05, 4.69) is 129 Å². The van der Waals surface area contributed by atoms with E-state index in [0.29, 0.717) is 28.3 Å². The van der Waals surface area contributed by atoms with Gasteiger partial charge >= 0.3 is 6.18 Å². The Kier molecular flexibility index (Phi) is 30.9. The molecule has 0 spiro atoms. The molecule has 4 aromatic heterocycles. The number of para-hydroxylation sites is 5. The van der Waals surface area contributed by atoms with Crippen molar-refractivity contribution < 1.29 is 56.8 Å². The number of alkyl halides is 3. The Morgan fingerprint density at radius 1 is 0.593 bits per heavy atom. The summed E-state index contributed by atoms with van der Waals surface area (Å²) in [4.78, 5) is 63.5. The fourth-order valence-electron chi connectivity index (χ4n) is 9.97. The maximum absolute atomic E-state index is 12.0. The Hall–Kier alpha value is -13.3. The van der Waals surface area contributed by atoms with Crippen molar-refractivity contribution in [3.8, 4) is 27.7 Å². The number of allylic oxidation sites excluding steroid dienone is 7. The SMILES string of the molecule is C=C(/C=C1\[N-]C=CN1C)C(F)(F)F.CC(=O)/C(=C(/C)[O-])c1ccccc1.CC(=O)/C=C(/C)[O-].CC(=O)c1cnccn1.Cc1ccccc1-c1nc2ccccc2o1.Cc1ccccc1-c1nc2ccccc2s1.Cc1ccccc1-n1nc2ccccc2[n+]1C.O=C(/C=C(\[O-])c1ccccc1)c1ccccc1. The number of carbonyl (C=O) groups is 4. The molecule has 14 rings (SSSR count). The highest BCUT2D eigenvalue weighted by Gasteiger charge is 2.30. The second-order valence-corrected chi connectivity index (χ2v) is 24.9. The Labute approximate surface area is 629 Å². The molecule has 9 aromatic carbocycles. The van der Waals surface area contributed by atoms with Crippen molar-refractivity contribution in [2.45, 2.75) is 61.6 Å². The highest BCUT2D eigenvalue weighted by Crippen LogP contribution is 2.33. The predicted octanol–water partition coefficient (Wildman–Crippen LogP) is 17.1. The summed E-state index contributed by atoms with van der Waals surface area (Å²) in [6, 6.07) is 75.5. The molecule has 1 aliphatic heterocycles. The second-order valence-electron chi connectivity index (χ2n) is 23.8. The summed E-state index contributed by atoms with van der Waals surface area (Å²) < 4.78 is 45.1. The van der Waals surface area contributed by atoms with E-state index in [9.17, 15) is 47.7 Å². The molecule has 108 heavy (non-hydrogen) atoms. The Balaban J connectivity index is 0.000000174. The van der Waals surface area contributed by atoms with Gasteiger partial charge in [0.2, 0.25) is 16.9 Å². The monoisotopic (exact) mass is 1470 g/mol. The van der Waals surface area contributed by atoms with Crippen LogP contribution < -0.4 is 20.0 Å². The molecule has 0 bridgehead atoms. The maximum atomic E-state index is 12.0. The Morgan fingerprint density at radius 3 is 1.61 bits per heavy atom. The summed E-state index contributed by atoms with van der Waals surface area (Å²) in [5, 5.41) is 42.3. The molecule has 13 aromatic rings. The topological polar surface area (TPSA) is 241 Å².